The molecule has 10 nitrogen and oxygen atoms in total. The fourth-order valence-corrected chi connectivity index (χ4v) is 7.85. The van der Waals surface area contributed by atoms with Gasteiger partial charge in [0.1, 0.15) is 13.1 Å². The summed E-state index contributed by atoms with van der Waals surface area (Å²) in [5.41, 5.74) is 7.01. The third-order valence-electron chi connectivity index (χ3n) is 11.7. The van der Waals surface area contributed by atoms with Crippen molar-refractivity contribution in [1.29, 1.82) is 0 Å². The summed E-state index contributed by atoms with van der Waals surface area (Å²) in [7, 11) is 0. The minimum Gasteiger partial charge on any atom is -0.453 e. The van der Waals surface area contributed by atoms with E-state index in [4.69, 9.17) is 9.47 Å². The van der Waals surface area contributed by atoms with Gasteiger partial charge in [-0.2, -0.15) is 0 Å². The van der Waals surface area contributed by atoms with E-state index in [2.05, 4.69) is 10.6 Å². The molecule has 0 bridgehead atoms. The molecule has 2 aliphatic carbocycles. The van der Waals surface area contributed by atoms with Gasteiger partial charge < -0.3 is 20.1 Å². The van der Waals surface area contributed by atoms with Crippen LogP contribution in [0.3, 0.4) is 0 Å². The maximum atomic E-state index is 13.3. The number of carbonyl (C=O) groups is 6. The van der Waals surface area contributed by atoms with E-state index in [-0.39, 0.29) is 36.5 Å². The van der Waals surface area contributed by atoms with Crippen LogP contribution in [-0.4, -0.2) is 60.6 Å². The number of hydrogen-bond acceptors (Lipinski definition) is 8. The second-order valence-electron chi connectivity index (χ2n) is 18.4. The number of hydrogen-bond donors (Lipinski definition) is 2. The Morgan fingerprint density at radius 3 is 1.21 bits per heavy atom. The highest BCUT2D eigenvalue weighted by molar-refractivity contribution is 6.03. The maximum Gasteiger partial charge on any atom is 0.326 e. The van der Waals surface area contributed by atoms with Crippen molar-refractivity contribution < 1.29 is 38.2 Å². The number of amides is 2. The van der Waals surface area contributed by atoms with E-state index in [1.54, 1.807) is 74.5 Å². The van der Waals surface area contributed by atoms with Crippen molar-refractivity contribution in [2.75, 3.05) is 13.1 Å². The molecule has 2 aromatic rings. The molecule has 2 amide bonds. The van der Waals surface area contributed by atoms with Crippen LogP contribution in [0.4, 0.5) is 0 Å². The minimum absolute atomic E-state index is 0.239. The zero-order valence-electron chi connectivity index (χ0n) is 41.1. The van der Waals surface area contributed by atoms with Crippen LogP contribution in [0, 0.1) is 10.8 Å². The summed E-state index contributed by atoms with van der Waals surface area (Å²) in [6.07, 6.45) is 26.7. The molecule has 2 unspecified atom stereocenters. The molecule has 68 heavy (non-hydrogen) atoms. The van der Waals surface area contributed by atoms with Gasteiger partial charge in [0.15, 0.2) is 23.8 Å². The molecular weight excluding hydrogens is 853 g/mol. The zero-order chi connectivity index (χ0) is 50.0. The van der Waals surface area contributed by atoms with Gasteiger partial charge in [0, 0.05) is 24.0 Å². The first-order valence-electron chi connectivity index (χ1n) is 22.8. The van der Waals surface area contributed by atoms with Crippen LogP contribution in [0.2, 0.25) is 0 Å². The molecule has 0 fully saturated rings. The van der Waals surface area contributed by atoms with Crippen molar-refractivity contribution in [1.82, 2.24) is 10.6 Å². The summed E-state index contributed by atoms with van der Waals surface area (Å²) in [5.74, 6) is -2.58. The molecule has 0 radical (unpaired) electrons. The Labute approximate surface area is 402 Å². The van der Waals surface area contributed by atoms with E-state index in [1.807, 2.05) is 140 Å². The Morgan fingerprint density at radius 1 is 0.529 bits per heavy atom. The molecule has 0 heterocycles. The van der Waals surface area contributed by atoms with Gasteiger partial charge in [0.2, 0.25) is 0 Å². The SMILES string of the molecule is CC1=C(/C=C/C(C)=C/C=C/C(C)=C/C=C/C=C(C)/C=C/C=C(C)/C=C/C2=C(C)C(=O)C(OC(=O)CNC(=O)c3ccccc3)CC2(C)C)C(C)(C)CC(OC(=O)CNC(=O)c2ccccc2)C1=O. The van der Waals surface area contributed by atoms with E-state index in [9.17, 15) is 28.8 Å². The summed E-state index contributed by atoms with van der Waals surface area (Å²) in [6, 6.07) is 17.2. The van der Waals surface area contributed by atoms with Crippen LogP contribution < -0.4 is 10.6 Å². The summed E-state index contributed by atoms with van der Waals surface area (Å²) in [5, 5.41) is 5.11. The smallest absolute Gasteiger partial charge is 0.326 e. The second kappa shape index (κ2) is 25.1. The molecule has 0 saturated heterocycles. The second-order valence-corrected chi connectivity index (χ2v) is 18.4. The maximum absolute atomic E-state index is 13.3. The highest BCUT2D eigenvalue weighted by atomic mass is 16.6. The Balaban J connectivity index is 1.24. The minimum atomic E-state index is -0.920. The molecule has 0 aromatic heterocycles. The number of allylic oxidation sites excluding steroid dienone is 20. The molecular formula is C58H66N2O8. The van der Waals surface area contributed by atoms with Gasteiger partial charge in [-0.15, -0.1) is 0 Å². The number of carbonyl (C=O) groups excluding carboxylic acids is 6. The quantitative estimate of drug-likeness (QED) is 0.111. The van der Waals surface area contributed by atoms with Crippen molar-refractivity contribution in [2.45, 2.75) is 94.3 Å². The first-order valence-corrected chi connectivity index (χ1v) is 22.8. The highest BCUT2D eigenvalue weighted by Gasteiger charge is 2.41. The highest BCUT2D eigenvalue weighted by Crippen LogP contribution is 2.42. The van der Waals surface area contributed by atoms with Crippen LogP contribution in [0.1, 0.15) is 103 Å². The van der Waals surface area contributed by atoms with E-state index >= 15 is 0 Å². The van der Waals surface area contributed by atoms with Crippen LogP contribution in [0.5, 0.6) is 0 Å². The van der Waals surface area contributed by atoms with E-state index in [1.165, 1.54) is 0 Å². The fraction of sp³-hybridized carbons (Fsp3) is 0.310. The number of rotatable bonds is 18. The first-order chi connectivity index (χ1) is 32.2. The van der Waals surface area contributed by atoms with Gasteiger partial charge >= 0.3 is 11.9 Å². The number of esters is 2. The Morgan fingerprint density at radius 2 is 0.853 bits per heavy atom. The van der Waals surface area contributed by atoms with Gasteiger partial charge in [-0.25, -0.2) is 0 Å². The molecule has 2 N–H and O–H groups in total. The topological polar surface area (TPSA) is 145 Å². The van der Waals surface area contributed by atoms with Crippen molar-refractivity contribution in [3.63, 3.8) is 0 Å². The summed E-state index contributed by atoms with van der Waals surface area (Å²) >= 11 is 0. The first kappa shape index (κ1) is 53.4. The van der Waals surface area contributed by atoms with Crippen molar-refractivity contribution in [3.05, 3.63) is 201 Å². The lowest BCUT2D eigenvalue weighted by Gasteiger charge is -2.36. The standard InChI is InChI=1S/C58H66N2O8/c1-39(23-19-25-41(3)31-33-47-43(5)53(63)49(35-57(47,7)8)67-51(61)37-59-55(65)45-27-13-11-14-28-45)21-17-18-22-40(2)24-20-26-42(4)32-34-48-44(6)54(64)50(36-58(48,9)10)68-52(62)38-60-56(66)46-29-15-12-16-30-46/h11-34,49-50H,35-38H2,1-10H3,(H,59,65)(H,60,66)/b18-17+,23-19+,24-20+,33-31+,34-32+,39-21+,40-22+,41-25+,42-26+. The van der Waals surface area contributed by atoms with Crippen LogP contribution in [0.25, 0.3) is 0 Å². The molecule has 2 atom stereocenters. The molecule has 10 heteroatoms. The third-order valence-corrected chi connectivity index (χ3v) is 11.7. The largest absolute Gasteiger partial charge is 0.453 e. The number of nitrogens with one attached hydrogen (secondary N) is 2. The fourth-order valence-electron chi connectivity index (χ4n) is 7.85. The predicted octanol–water partition coefficient (Wildman–Crippen LogP) is 10.9. The zero-order valence-corrected chi connectivity index (χ0v) is 41.1. The van der Waals surface area contributed by atoms with Gasteiger partial charge in [0.05, 0.1) is 0 Å². The molecule has 356 valence electrons. The van der Waals surface area contributed by atoms with Crippen molar-refractivity contribution in [2.24, 2.45) is 10.8 Å². The molecule has 0 saturated carbocycles. The number of benzene rings is 2. The normalized spacial score (nSPS) is 19.5. The number of ether oxygens (including phenoxy) is 2. The molecule has 2 aliphatic rings. The summed E-state index contributed by atoms with van der Waals surface area (Å²) < 4.78 is 11.1. The summed E-state index contributed by atoms with van der Waals surface area (Å²) in [6.45, 7) is 19.0. The van der Waals surface area contributed by atoms with Crippen LogP contribution >= 0.6 is 0 Å². The summed E-state index contributed by atoms with van der Waals surface area (Å²) in [4.78, 5) is 76.3. The Bertz CT molecular complexity index is 2390. The van der Waals surface area contributed by atoms with Crippen LogP contribution in [-0.2, 0) is 28.7 Å². The molecule has 2 aromatic carbocycles. The Hall–Kier alpha value is -7.20. The molecule has 0 aliphatic heterocycles. The van der Waals surface area contributed by atoms with E-state index < -0.39 is 35.0 Å². The Kier molecular flexibility index (Phi) is 19.7. The molecule has 4 rings (SSSR count). The van der Waals surface area contributed by atoms with Crippen molar-refractivity contribution >= 4 is 35.3 Å². The molecule has 0 spiro atoms. The number of Topliss-reactive ketones (excluding diaryl/α,β-unsaturated/α-hetero) is 2. The van der Waals surface area contributed by atoms with E-state index in [0.717, 1.165) is 33.4 Å². The van der Waals surface area contributed by atoms with Crippen LogP contribution in [0.15, 0.2) is 190 Å². The number of ketones is 2. The average Bonchev–Trinajstić information content (AvgIpc) is 3.29. The monoisotopic (exact) mass is 918 g/mol. The lowest BCUT2D eigenvalue weighted by molar-refractivity contribution is -0.155. The van der Waals surface area contributed by atoms with Gasteiger partial charge in [-0.1, -0.05) is 171 Å². The van der Waals surface area contributed by atoms with Gasteiger partial charge in [-0.05, 0) is 98.9 Å². The third kappa shape index (κ3) is 16.3. The lowest BCUT2D eigenvalue weighted by atomic mass is 9.71. The van der Waals surface area contributed by atoms with E-state index in [0.29, 0.717) is 35.1 Å². The lowest BCUT2D eigenvalue weighted by Crippen LogP contribution is -2.41. The predicted molar refractivity (Wildman–Crippen MR) is 270 cm³/mol. The van der Waals surface area contributed by atoms with Crippen molar-refractivity contribution in [3.8, 4) is 0 Å². The van der Waals surface area contributed by atoms with Gasteiger partial charge in [0.25, 0.3) is 11.8 Å². The average molecular weight is 919 g/mol. The van der Waals surface area contributed by atoms with Gasteiger partial charge in [-0.3, -0.25) is 28.8 Å².